The molecular weight excluding hydrogens is 1050 g/mol. The fraction of sp³-hybridized carbons (Fsp3) is 0.829. The van der Waals surface area contributed by atoms with Crippen LogP contribution in [0.1, 0.15) is 348 Å². The third kappa shape index (κ3) is 53.2. The zero-order chi connectivity index (χ0) is 61.4. The minimum absolute atomic E-state index is 0.186. The predicted octanol–water partition coefficient (Wildman–Crippen LogP) is 20.3. The molecule has 1 rings (SSSR count). The van der Waals surface area contributed by atoms with E-state index in [9.17, 15) is 30.3 Å². The van der Waals surface area contributed by atoms with E-state index in [0.29, 0.717) is 6.42 Å². The molecule has 0 aliphatic carbocycles. The molecule has 0 bridgehead atoms. The van der Waals surface area contributed by atoms with Crippen molar-refractivity contribution in [3.63, 3.8) is 0 Å². The first-order chi connectivity index (χ1) is 41.8. The molecule has 9 heteroatoms. The van der Waals surface area contributed by atoms with Crippen molar-refractivity contribution in [1.82, 2.24) is 5.32 Å². The zero-order valence-electron chi connectivity index (χ0n) is 55.6. The Labute approximate surface area is 525 Å². The lowest BCUT2D eigenvalue weighted by Gasteiger charge is -2.40. The van der Waals surface area contributed by atoms with Crippen molar-refractivity contribution < 1.29 is 39.8 Å². The Morgan fingerprint density at radius 3 is 1.07 bits per heavy atom. The van der Waals surface area contributed by atoms with Gasteiger partial charge in [0.2, 0.25) is 5.91 Å². The molecule has 0 aromatic rings. The van der Waals surface area contributed by atoms with Gasteiger partial charge in [0, 0.05) is 6.42 Å². The van der Waals surface area contributed by atoms with Crippen molar-refractivity contribution >= 4 is 5.91 Å². The fourth-order valence-electron chi connectivity index (χ4n) is 11.5. The van der Waals surface area contributed by atoms with Crippen molar-refractivity contribution in [2.75, 3.05) is 13.2 Å². The lowest BCUT2D eigenvalue weighted by Crippen LogP contribution is -2.60. The number of ether oxygens (including phenoxy) is 2. The number of unbranched alkanes of at least 4 members (excludes halogenated alkanes) is 44. The van der Waals surface area contributed by atoms with E-state index in [1.807, 2.05) is 6.08 Å². The molecule has 0 radical (unpaired) electrons. The molecule has 1 amide bonds. The van der Waals surface area contributed by atoms with Gasteiger partial charge in [-0.15, -0.1) is 0 Å². The largest absolute Gasteiger partial charge is 0.394 e. The molecule has 1 saturated heterocycles. The van der Waals surface area contributed by atoms with Crippen LogP contribution in [0, 0.1) is 0 Å². The third-order valence-corrected chi connectivity index (χ3v) is 17.2. The second-order valence-electron chi connectivity index (χ2n) is 25.4. The van der Waals surface area contributed by atoms with Crippen LogP contribution in [0.3, 0.4) is 0 Å². The summed E-state index contributed by atoms with van der Waals surface area (Å²) in [6.07, 6.45) is 84.6. The maximum Gasteiger partial charge on any atom is 0.220 e. The van der Waals surface area contributed by atoms with Crippen LogP contribution in [0.2, 0.25) is 0 Å². The van der Waals surface area contributed by atoms with Gasteiger partial charge in [-0.25, -0.2) is 0 Å². The van der Waals surface area contributed by atoms with Gasteiger partial charge >= 0.3 is 0 Å². The summed E-state index contributed by atoms with van der Waals surface area (Å²) < 4.78 is 11.3. The Kier molecular flexibility index (Phi) is 61.3. The topological polar surface area (TPSA) is 149 Å². The van der Waals surface area contributed by atoms with Gasteiger partial charge in [-0.3, -0.25) is 4.79 Å². The summed E-state index contributed by atoms with van der Waals surface area (Å²) in [5.41, 5.74) is 0. The first-order valence-corrected chi connectivity index (χ1v) is 36.7. The lowest BCUT2D eigenvalue weighted by atomic mass is 9.99. The van der Waals surface area contributed by atoms with Gasteiger partial charge in [-0.05, 0) is 83.5 Å². The van der Waals surface area contributed by atoms with Crippen molar-refractivity contribution in [3.05, 3.63) is 72.9 Å². The van der Waals surface area contributed by atoms with Crippen LogP contribution in [-0.4, -0.2) is 87.5 Å². The van der Waals surface area contributed by atoms with Crippen LogP contribution in [-0.2, 0) is 14.3 Å². The van der Waals surface area contributed by atoms with Gasteiger partial charge < -0.3 is 40.3 Å². The summed E-state index contributed by atoms with van der Waals surface area (Å²) in [6.45, 7) is 3.78. The molecule has 1 fully saturated rings. The van der Waals surface area contributed by atoms with Crippen molar-refractivity contribution in [2.45, 2.75) is 391 Å². The summed E-state index contributed by atoms with van der Waals surface area (Å²) in [5.74, 6) is -0.186. The van der Waals surface area contributed by atoms with E-state index in [4.69, 9.17) is 9.47 Å². The second-order valence-corrected chi connectivity index (χ2v) is 25.4. The Morgan fingerprint density at radius 2 is 0.706 bits per heavy atom. The first kappa shape index (κ1) is 80.6. The van der Waals surface area contributed by atoms with Gasteiger partial charge in [-0.2, -0.15) is 0 Å². The molecule has 9 nitrogen and oxygen atoms in total. The molecule has 1 heterocycles. The summed E-state index contributed by atoms with van der Waals surface area (Å²) in [4.78, 5) is 13.1. The average Bonchev–Trinajstić information content (AvgIpc) is 3.66. The smallest absolute Gasteiger partial charge is 0.220 e. The number of amides is 1. The number of aliphatic hydroxyl groups excluding tert-OH is 5. The molecule has 0 saturated carbocycles. The molecule has 0 aromatic carbocycles. The van der Waals surface area contributed by atoms with Crippen LogP contribution in [0.25, 0.3) is 0 Å². The Bertz CT molecular complexity index is 1570. The highest BCUT2D eigenvalue weighted by Crippen LogP contribution is 2.23. The van der Waals surface area contributed by atoms with E-state index < -0.39 is 49.5 Å². The van der Waals surface area contributed by atoms with Gasteiger partial charge in [0.1, 0.15) is 24.4 Å². The van der Waals surface area contributed by atoms with E-state index >= 15 is 0 Å². The minimum atomic E-state index is -1.58. The number of allylic oxidation sites excluding steroid dienone is 11. The average molecular weight is 1190 g/mol. The highest BCUT2D eigenvalue weighted by Gasteiger charge is 2.44. The standard InChI is InChI=1S/C76H139NO8/c1-3-5-7-9-11-13-15-17-19-21-23-25-27-28-29-30-31-32-33-34-35-36-37-38-39-40-41-42-44-46-48-50-52-54-56-58-60-62-64-66-72(80)77-69(68-84-76-75(83)74(82)73(81)71(67-78)85-76)70(79)65-63-61-59-57-55-53-51-49-47-45-43-26-24-22-20-18-16-14-12-10-8-6-4-2/h15,17,21,23,27-28,47,49,55,57,63,65,69-71,73-76,78-79,81-83H,3-14,16,18-20,22,24-26,29-46,48,50-54,56,58-62,64,66-68H2,1-2H3,(H,77,80)/b17-15-,23-21-,28-27-,49-47+,57-55+,65-63+. The Morgan fingerprint density at radius 1 is 0.400 bits per heavy atom. The summed E-state index contributed by atoms with van der Waals surface area (Å²) in [7, 11) is 0. The summed E-state index contributed by atoms with van der Waals surface area (Å²) in [6, 6.07) is -0.831. The SMILES string of the molecule is CCCCCCC/C=C\C/C=C\C/C=C\CCCCCCCCCCCCCCCCCCCCCCCCCCC(=O)NC(COC1OC(CO)C(O)C(O)C1O)C(O)/C=C/CC/C=C/CC/C=C/CCCCCCCCCCCCCCC. The second kappa shape index (κ2) is 64.6. The zero-order valence-corrected chi connectivity index (χ0v) is 55.6. The number of hydrogen-bond donors (Lipinski definition) is 6. The monoisotopic (exact) mass is 1190 g/mol. The van der Waals surface area contributed by atoms with Crippen LogP contribution in [0.15, 0.2) is 72.9 Å². The van der Waals surface area contributed by atoms with E-state index in [-0.39, 0.29) is 12.5 Å². The maximum atomic E-state index is 13.1. The lowest BCUT2D eigenvalue weighted by molar-refractivity contribution is -0.302. The van der Waals surface area contributed by atoms with Gasteiger partial charge in [0.15, 0.2) is 6.29 Å². The number of rotatable bonds is 64. The number of aliphatic hydroxyl groups is 5. The van der Waals surface area contributed by atoms with E-state index in [1.54, 1.807) is 6.08 Å². The molecule has 85 heavy (non-hydrogen) atoms. The summed E-state index contributed by atoms with van der Waals surface area (Å²) >= 11 is 0. The third-order valence-electron chi connectivity index (χ3n) is 17.2. The first-order valence-electron chi connectivity index (χ1n) is 36.7. The minimum Gasteiger partial charge on any atom is -0.394 e. The van der Waals surface area contributed by atoms with Crippen molar-refractivity contribution in [2.24, 2.45) is 0 Å². The van der Waals surface area contributed by atoms with Crippen molar-refractivity contribution in [3.8, 4) is 0 Å². The highest BCUT2D eigenvalue weighted by molar-refractivity contribution is 5.76. The molecule has 6 N–H and O–H groups in total. The number of carbonyl (C=O) groups is 1. The number of nitrogens with one attached hydrogen (secondary N) is 1. The van der Waals surface area contributed by atoms with E-state index in [1.165, 1.54) is 270 Å². The van der Waals surface area contributed by atoms with Gasteiger partial charge in [0.05, 0.1) is 25.4 Å². The van der Waals surface area contributed by atoms with Gasteiger partial charge in [-0.1, -0.05) is 331 Å². The quantitative estimate of drug-likeness (QED) is 0.0261. The van der Waals surface area contributed by atoms with Crippen molar-refractivity contribution in [1.29, 1.82) is 0 Å². The van der Waals surface area contributed by atoms with Gasteiger partial charge in [0.25, 0.3) is 0 Å². The highest BCUT2D eigenvalue weighted by atomic mass is 16.7. The predicted molar refractivity (Wildman–Crippen MR) is 364 cm³/mol. The normalized spacial score (nSPS) is 18.5. The van der Waals surface area contributed by atoms with Crippen LogP contribution in [0.5, 0.6) is 0 Å². The number of carbonyl (C=O) groups excluding carboxylic acids is 1. The molecule has 7 unspecified atom stereocenters. The molecule has 1 aliphatic heterocycles. The molecule has 0 aromatic heterocycles. The fourth-order valence-corrected chi connectivity index (χ4v) is 11.5. The maximum absolute atomic E-state index is 13.1. The van der Waals surface area contributed by atoms with Crippen LogP contribution >= 0.6 is 0 Å². The molecule has 496 valence electrons. The van der Waals surface area contributed by atoms with Crippen LogP contribution in [0.4, 0.5) is 0 Å². The van der Waals surface area contributed by atoms with E-state index in [0.717, 1.165) is 57.8 Å². The Hall–Kier alpha value is -2.37. The summed E-state index contributed by atoms with van der Waals surface area (Å²) in [5, 5.41) is 54.7. The molecule has 7 atom stereocenters. The number of hydrogen-bond acceptors (Lipinski definition) is 8. The van der Waals surface area contributed by atoms with Crippen LogP contribution < -0.4 is 5.32 Å². The van der Waals surface area contributed by atoms with E-state index in [2.05, 4.69) is 79.9 Å². The molecule has 0 spiro atoms. The molecular formula is C76H139NO8. The molecule has 1 aliphatic rings. The Balaban J connectivity index is 2.09.